The Kier molecular flexibility index (Phi) is 4.39. The van der Waals surface area contributed by atoms with Gasteiger partial charge >= 0.3 is 0 Å². The smallest absolute Gasteiger partial charge is 0.210 e. The number of nitrogens with zero attached hydrogens (tertiary/aromatic N) is 1. The van der Waals surface area contributed by atoms with Crippen LogP contribution in [-0.4, -0.2) is 12.0 Å². The Morgan fingerprint density at radius 1 is 1.35 bits per heavy atom. The van der Waals surface area contributed by atoms with Crippen molar-refractivity contribution in [1.29, 1.82) is 0 Å². The van der Waals surface area contributed by atoms with Crippen molar-refractivity contribution in [1.82, 2.24) is 5.43 Å². The number of aliphatic imine (C=N–C) groups is 1. The van der Waals surface area contributed by atoms with E-state index in [2.05, 4.69) is 31.7 Å². The molecule has 2 rings (SSSR count). The van der Waals surface area contributed by atoms with E-state index in [9.17, 15) is 0 Å². The summed E-state index contributed by atoms with van der Waals surface area (Å²) in [6.45, 7) is 0. The minimum Gasteiger partial charge on any atom is -0.325 e. The molecule has 1 aliphatic carbocycles. The maximum Gasteiger partial charge on any atom is 0.210 e. The Morgan fingerprint density at radius 2 is 2.12 bits per heavy atom. The van der Waals surface area contributed by atoms with E-state index in [1.165, 1.54) is 12.8 Å². The monoisotopic (exact) mass is 296 g/mol. The van der Waals surface area contributed by atoms with Crippen LogP contribution in [0.15, 0.2) is 33.7 Å². The number of halogens is 1. The van der Waals surface area contributed by atoms with Gasteiger partial charge in [0.1, 0.15) is 0 Å². The fourth-order valence-electron chi connectivity index (χ4n) is 2.02. The molecule has 0 saturated heterocycles. The second-order valence-corrected chi connectivity index (χ2v) is 5.11. The molecule has 0 spiro atoms. The summed E-state index contributed by atoms with van der Waals surface area (Å²) in [5, 5.41) is 3.18. The van der Waals surface area contributed by atoms with Gasteiger partial charge in [-0.3, -0.25) is 5.43 Å². The van der Waals surface area contributed by atoms with Crippen molar-refractivity contribution in [2.75, 3.05) is 5.32 Å². The lowest BCUT2D eigenvalue weighted by Gasteiger charge is -2.11. The molecule has 0 atom stereocenters. The molecule has 1 aromatic rings. The molecule has 0 radical (unpaired) electrons. The zero-order valence-corrected chi connectivity index (χ0v) is 11.2. The number of nitrogens with two attached hydrogens (primary N) is 1. The van der Waals surface area contributed by atoms with Crippen molar-refractivity contribution in [2.45, 2.75) is 31.7 Å². The number of hydrazine groups is 1. The lowest BCUT2D eigenvalue weighted by Crippen LogP contribution is -2.37. The first-order chi connectivity index (χ1) is 8.28. The number of nitrogens with one attached hydrogen (secondary N) is 2. The number of hydrogen-bond acceptors (Lipinski definition) is 2. The summed E-state index contributed by atoms with van der Waals surface area (Å²) >= 11 is 3.43. The fourth-order valence-corrected chi connectivity index (χ4v) is 2.42. The average molecular weight is 297 g/mol. The van der Waals surface area contributed by atoms with Crippen LogP contribution in [0.1, 0.15) is 25.7 Å². The standard InChI is InChI=1S/C12H17BrN4/c13-9-4-3-7-11(8-9)16-12(17-14)15-10-5-1-2-6-10/h3-4,7-8,10H,1-2,5-6,14H2,(H2,15,16,17). The molecule has 5 heteroatoms. The maximum atomic E-state index is 5.48. The predicted octanol–water partition coefficient (Wildman–Crippen LogP) is 2.62. The van der Waals surface area contributed by atoms with Crippen LogP contribution in [0.5, 0.6) is 0 Å². The summed E-state index contributed by atoms with van der Waals surface area (Å²) in [5.41, 5.74) is 3.59. The zero-order valence-electron chi connectivity index (χ0n) is 9.62. The summed E-state index contributed by atoms with van der Waals surface area (Å²) in [5.74, 6) is 6.12. The molecule has 1 aliphatic rings. The molecule has 0 amide bonds. The van der Waals surface area contributed by atoms with Crippen LogP contribution in [0.3, 0.4) is 0 Å². The fraction of sp³-hybridized carbons (Fsp3) is 0.417. The van der Waals surface area contributed by atoms with Gasteiger partial charge in [-0.05, 0) is 31.0 Å². The van der Waals surface area contributed by atoms with Crippen molar-refractivity contribution in [3.8, 4) is 0 Å². The van der Waals surface area contributed by atoms with Gasteiger partial charge in [-0.1, -0.05) is 34.8 Å². The van der Waals surface area contributed by atoms with Crippen LogP contribution in [0, 0.1) is 0 Å². The van der Waals surface area contributed by atoms with Gasteiger partial charge in [0.15, 0.2) is 0 Å². The van der Waals surface area contributed by atoms with E-state index in [-0.39, 0.29) is 0 Å². The number of hydrogen-bond donors (Lipinski definition) is 3. The molecule has 0 aliphatic heterocycles. The van der Waals surface area contributed by atoms with E-state index < -0.39 is 0 Å². The van der Waals surface area contributed by atoms with Crippen LogP contribution < -0.4 is 16.6 Å². The predicted molar refractivity (Wildman–Crippen MR) is 74.8 cm³/mol. The molecule has 0 bridgehead atoms. The first kappa shape index (κ1) is 12.4. The first-order valence-corrected chi connectivity index (χ1v) is 6.64. The summed E-state index contributed by atoms with van der Waals surface area (Å²) in [6.07, 6.45) is 4.85. The zero-order chi connectivity index (χ0) is 12.1. The van der Waals surface area contributed by atoms with Gasteiger partial charge in [0, 0.05) is 10.2 Å². The molecule has 92 valence electrons. The Labute approximate surface area is 110 Å². The van der Waals surface area contributed by atoms with E-state index in [1.807, 2.05) is 24.3 Å². The van der Waals surface area contributed by atoms with Gasteiger partial charge in [0.05, 0.1) is 6.04 Å². The molecule has 0 heterocycles. The largest absolute Gasteiger partial charge is 0.325 e. The van der Waals surface area contributed by atoms with Crippen molar-refractivity contribution in [2.24, 2.45) is 10.8 Å². The van der Waals surface area contributed by atoms with Crippen LogP contribution >= 0.6 is 15.9 Å². The second kappa shape index (κ2) is 6.02. The van der Waals surface area contributed by atoms with Gasteiger partial charge in [-0.2, -0.15) is 0 Å². The lowest BCUT2D eigenvalue weighted by molar-refractivity contribution is 0.700. The van der Waals surface area contributed by atoms with Gasteiger partial charge in [-0.25, -0.2) is 10.8 Å². The maximum absolute atomic E-state index is 5.48. The second-order valence-electron chi connectivity index (χ2n) is 4.20. The van der Waals surface area contributed by atoms with Gasteiger partial charge in [-0.15, -0.1) is 0 Å². The quantitative estimate of drug-likeness (QED) is 0.340. The van der Waals surface area contributed by atoms with Crippen LogP contribution in [0.25, 0.3) is 0 Å². The summed E-state index contributed by atoms with van der Waals surface area (Å²) in [4.78, 5) is 4.57. The SMILES string of the molecule is NNC(=NC1CCCC1)Nc1cccc(Br)c1. The Morgan fingerprint density at radius 3 is 2.76 bits per heavy atom. The molecule has 0 unspecified atom stereocenters. The Hall–Kier alpha value is -1.07. The number of benzene rings is 1. The molecule has 1 aromatic carbocycles. The minimum atomic E-state index is 0.403. The van der Waals surface area contributed by atoms with E-state index in [0.29, 0.717) is 12.0 Å². The molecule has 1 fully saturated rings. The molecule has 4 N–H and O–H groups in total. The summed E-state index contributed by atoms with van der Waals surface area (Å²) in [7, 11) is 0. The number of rotatable bonds is 2. The highest BCUT2D eigenvalue weighted by Crippen LogP contribution is 2.21. The number of guanidine groups is 1. The first-order valence-electron chi connectivity index (χ1n) is 5.85. The highest BCUT2D eigenvalue weighted by molar-refractivity contribution is 9.10. The van der Waals surface area contributed by atoms with E-state index in [1.54, 1.807) is 0 Å². The Bertz CT molecular complexity index is 399. The van der Waals surface area contributed by atoms with Crippen molar-refractivity contribution < 1.29 is 0 Å². The molecule has 17 heavy (non-hydrogen) atoms. The third kappa shape index (κ3) is 3.71. The average Bonchev–Trinajstić information content (AvgIpc) is 2.81. The van der Waals surface area contributed by atoms with Crippen molar-refractivity contribution in [3.63, 3.8) is 0 Å². The van der Waals surface area contributed by atoms with Crippen molar-refractivity contribution >= 4 is 27.6 Å². The van der Waals surface area contributed by atoms with Crippen LogP contribution in [0.2, 0.25) is 0 Å². The molecule has 4 nitrogen and oxygen atoms in total. The normalized spacial score (nSPS) is 17.2. The van der Waals surface area contributed by atoms with E-state index >= 15 is 0 Å². The van der Waals surface area contributed by atoms with Gasteiger partial charge in [0.25, 0.3) is 0 Å². The molecular formula is C12H17BrN4. The van der Waals surface area contributed by atoms with Gasteiger partial charge < -0.3 is 5.32 Å². The molecule has 0 aromatic heterocycles. The minimum absolute atomic E-state index is 0.403. The third-order valence-corrected chi connectivity index (χ3v) is 3.35. The lowest BCUT2D eigenvalue weighted by atomic mass is 10.3. The van der Waals surface area contributed by atoms with E-state index in [4.69, 9.17) is 5.84 Å². The molecular weight excluding hydrogens is 280 g/mol. The third-order valence-electron chi connectivity index (χ3n) is 2.86. The van der Waals surface area contributed by atoms with E-state index in [0.717, 1.165) is 23.0 Å². The highest BCUT2D eigenvalue weighted by atomic mass is 79.9. The van der Waals surface area contributed by atoms with Crippen LogP contribution in [0.4, 0.5) is 5.69 Å². The Balaban J connectivity index is 2.03. The summed E-state index contributed by atoms with van der Waals surface area (Å²) < 4.78 is 1.03. The highest BCUT2D eigenvalue weighted by Gasteiger charge is 2.14. The van der Waals surface area contributed by atoms with Crippen molar-refractivity contribution in [3.05, 3.63) is 28.7 Å². The topological polar surface area (TPSA) is 62.4 Å². The van der Waals surface area contributed by atoms with Gasteiger partial charge in [0.2, 0.25) is 5.96 Å². The number of anilines is 1. The summed E-state index contributed by atoms with van der Waals surface area (Å²) in [6, 6.07) is 8.32. The van der Waals surface area contributed by atoms with Crippen LogP contribution in [-0.2, 0) is 0 Å². The molecule has 1 saturated carbocycles.